The topological polar surface area (TPSA) is 16.9 Å². The summed E-state index contributed by atoms with van der Waals surface area (Å²) in [5.74, 6) is 1.53. The molecule has 0 amide bonds. The van der Waals surface area contributed by atoms with E-state index in [4.69, 9.17) is 4.74 Å². The molecule has 1 fully saturated rings. The number of likely N-dealkylation sites (tertiary alicyclic amines) is 1. The number of ether oxygens (including phenoxy) is 1. The highest BCUT2D eigenvalue weighted by atomic mass is 32.1. The molecule has 4 heteroatoms. The Hall–Kier alpha value is -2.04. The lowest BCUT2D eigenvalue weighted by Crippen LogP contribution is -2.13. The Morgan fingerprint density at radius 3 is 2.79 bits per heavy atom. The second-order valence-corrected chi connectivity index (χ2v) is 7.76. The van der Waals surface area contributed by atoms with E-state index in [1.807, 2.05) is 11.5 Å². The molecule has 1 atom stereocenters. The summed E-state index contributed by atoms with van der Waals surface area (Å²) in [6.45, 7) is 2.31. The van der Waals surface area contributed by atoms with E-state index in [0.29, 0.717) is 5.92 Å². The van der Waals surface area contributed by atoms with Crippen molar-refractivity contribution in [1.82, 2.24) is 8.69 Å². The zero-order valence-electron chi connectivity index (χ0n) is 14.0. The lowest BCUT2D eigenvalue weighted by molar-refractivity contribution is 0.412. The molecule has 2 aromatic heterocycles. The first-order valence-electron chi connectivity index (χ1n) is 8.45. The van der Waals surface area contributed by atoms with Crippen molar-refractivity contribution >= 4 is 38.0 Å². The molecule has 3 nitrogen and oxygen atoms in total. The zero-order chi connectivity index (χ0) is 16.3. The van der Waals surface area contributed by atoms with Crippen molar-refractivity contribution in [3.05, 3.63) is 48.0 Å². The number of hydrogen-bond donors (Lipinski definition) is 0. The molecule has 1 unspecified atom stereocenters. The number of fused-ring (bicyclic) bond motifs is 5. The highest BCUT2D eigenvalue weighted by Crippen LogP contribution is 2.43. The number of benzene rings is 2. The van der Waals surface area contributed by atoms with E-state index in [0.717, 1.165) is 12.3 Å². The second-order valence-electron chi connectivity index (χ2n) is 6.78. The lowest BCUT2D eigenvalue weighted by Gasteiger charge is -2.11. The van der Waals surface area contributed by atoms with Crippen LogP contribution in [0.15, 0.2) is 42.5 Å². The number of likely N-dealkylation sites (N-methyl/N-ethyl adjacent to an activating group) is 1. The predicted octanol–water partition coefficient (Wildman–Crippen LogP) is 4.73. The number of rotatable bonds is 2. The average Bonchev–Trinajstić information content (AvgIpc) is 3.27. The fourth-order valence-corrected chi connectivity index (χ4v) is 5.31. The Labute approximate surface area is 145 Å². The van der Waals surface area contributed by atoms with Crippen molar-refractivity contribution < 1.29 is 4.74 Å². The molecule has 1 aliphatic rings. The zero-order valence-corrected chi connectivity index (χ0v) is 14.8. The van der Waals surface area contributed by atoms with Gasteiger partial charge in [-0.05, 0) is 49.8 Å². The van der Waals surface area contributed by atoms with Gasteiger partial charge in [0, 0.05) is 23.2 Å². The number of hydrogen-bond acceptors (Lipinski definition) is 3. The second kappa shape index (κ2) is 5.23. The first-order chi connectivity index (χ1) is 11.8. The summed E-state index contributed by atoms with van der Waals surface area (Å²) in [5.41, 5.74) is 4.21. The molecule has 0 spiro atoms. The van der Waals surface area contributed by atoms with Crippen molar-refractivity contribution in [2.24, 2.45) is 0 Å². The van der Waals surface area contributed by atoms with Gasteiger partial charge >= 0.3 is 0 Å². The minimum absolute atomic E-state index is 0.590. The van der Waals surface area contributed by atoms with E-state index in [1.54, 1.807) is 7.11 Å². The minimum Gasteiger partial charge on any atom is -0.497 e. The van der Waals surface area contributed by atoms with Gasteiger partial charge in [-0.2, -0.15) is 0 Å². The molecule has 1 saturated heterocycles. The maximum absolute atomic E-state index is 5.50. The predicted molar refractivity (Wildman–Crippen MR) is 102 cm³/mol. The Bertz CT molecular complexity index is 1060. The molecular formula is C20H20N2OS. The van der Waals surface area contributed by atoms with Gasteiger partial charge in [0.1, 0.15) is 5.75 Å². The third kappa shape index (κ3) is 1.93. The van der Waals surface area contributed by atoms with E-state index in [9.17, 15) is 0 Å². The van der Waals surface area contributed by atoms with Crippen molar-refractivity contribution in [2.75, 3.05) is 27.2 Å². The summed E-state index contributed by atoms with van der Waals surface area (Å²) < 4.78 is 9.29. The summed E-state index contributed by atoms with van der Waals surface area (Å²) in [4.78, 5) is 2.44. The molecule has 4 aromatic rings. The maximum atomic E-state index is 5.50. The van der Waals surface area contributed by atoms with Crippen molar-refractivity contribution in [3.8, 4) is 5.75 Å². The van der Waals surface area contributed by atoms with Crippen LogP contribution in [-0.2, 0) is 0 Å². The molecule has 24 heavy (non-hydrogen) atoms. The first-order valence-corrected chi connectivity index (χ1v) is 9.22. The van der Waals surface area contributed by atoms with Crippen LogP contribution in [0, 0.1) is 0 Å². The van der Waals surface area contributed by atoms with Crippen molar-refractivity contribution in [2.45, 2.75) is 12.3 Å². The van der Waals surface area contributed by atoms with Crippen LogP contribution in [0.3, 0.4) is 0 Å². The van der Waals surface area contributed by atoms with Crippen LogP contribution in [0.5, 0.6) is 5.75 Å². The summed E-state index contributed by atoms with van der Waals surface area (Å²) in [6, 6.07) is 15.3. The van der Waals surface area contributed by atoms with E-state index in [1.165, 1.54) is 45.0 Å². The molecule has 1 aliphatic heterocycles. The van der Waals surface area contributed by atoms with Crippen molar-refractivity contribution in [3.63, 3.8) is 0 Å². The standard InChI is InChI=1S/C20H20N2OS/c1-21-10-9-13(12-21)19-16-11-14(23-2)7-8-17(16)22-20(19)15-5-3-4-6-18(15)24-22/h3-8,11,13H,9-10,12H2,1-2H3. The molecule has 0 saturated carbocycles. The summed E-state index contributed by atoms with van der Waals surface area (Å²) in [5, 5.41) is 2.73. The fraction of sp³-hybridized carbons (Fsp3) is 0.300. The molecule has 0 aliphatic carbocycles. The van der Waals surface area contributed by atoms with E-state index < -0.39 is 0 Å². The van der Waals surface area contributed by atoms with Crippen LogP contribution in [0.4, 0.5) is 0 Å². The molecule has 2 aromatic carbocycles. The Kier molecular flexibility index (Phi) is 3.12. The maximum Gasteiger partial charge on any atom is 0.119 e. The average molecular weight is 336 g/mol. The molecule has 3 heterocycles. The van der Waals surface area contributed by atoms with Gasteiger partial charge in [0.25, 0.3) is 0 Å². The highest BCUT2D eigenvalue weighted by molar-refractivity contribution is 7.14. The number of methoxy groups -OCH3 is 1. The van der Waals surface area contributed by atoms with Gasteiger partial charge in [-0.1, -0.05) is 29.7 Å². The van der Waals surface area contributed by atoms with E-state index in [2.05, 4.69) is 58.2 Å². The van der Waals surface area contributed by atoms with Crippen LogP contribution in [0.1, 0.15) is 17.9 Å². The van der Waals surface area contributed by atoms with Crippen LogP contribution in [0.2, 0.25) is 0 Å². The van der Waals surface area contributed by atoms with Gasteiger partial charge in [-0.25, -0.2) is 0 Å². The van der Waals surface area contributed by atoms with Crippen molar-refractivity contribution in [1.29, 1.82) is 0 Å². The quantitative estimate of drug-likeness (QED) is 0.526. The van der Waals surface area contributed by atoms with Crippen LogP contribution in [-0.4, -0.2) is 35.9 Å². The first kappa shape index (κ1) is 14.3. The normalized spacial score (nSPS) is 19.0. The summed E-state index contributed by atoms with van der Waals surface area (Å²) >= 11 is 1.85. The Morgan fingerprint density at radius 2 is 2.00 bits per heavy atom. The van der Waals surface area contributed by atoms with Crippen LogP contribution in [0.25, 0.3) is 26.5 Å². The number of nitrogens with zero attached hydrogens (tertiary/aromatic N) is 2. The molecule has 0 bridgehead atoms. The third-order valence-corrected chi connectivity index (χ3v) is 6.42. The molecule has 5 rings (SSSR count). The molecule has 0 N–H and O–H groups in total. The molecule has 122 valence electrons. The summed E-state index contributed by atoms with van der Waals surface area (Å²) in [6.07, 6.45) is 1.23. The van der Waals surface area contributed by atoms with Gasteiger partial charge in [0.15, 0.2) is 0 Å². The van der Waals surface area contributed by atoms with Crippen LogP contribution < -0.4 is 4.74 Å². The smallest absolute Gasteiger partial charge is 0.119 e. The van der Waals surface area contributed by atoms with Crippen LogP contribution >= 0.6 is 11.5 Å². The van der Waals surface area contributed by atoms with E-state index in [-0.39, 0.29) is 0 Å². The molecular weight excluding hydrogens is 316 g/mol. The van der Waals surface area contributed by atoms with E-state index >= 15 is 0 Å². The monoisotopic (exact) mass is 336 g/mol. The Morgan fingerprint density at radius 1 is 1.12 bits per heavy atom. The Balaban J connectivity index is 1.92. The fourth-order valence-electron chi connectivity index (χ4n) is 4.17. The summed E-state index contributed by atoms with van der Waals surface area (Å²) in [7, 11) is 3.97. The molecule has 0 radical (unpaired) electrons. The van der Waals surface area contributed by atoms with Gasteiger partial charge in [-0.15, -0.1) is 0 Å². The van der Waals surface area contributed by atoms with Gasteiger partial charge in [-0.3, -0.25) is 3.79 Å². The highest BCUT2D eigenvalue weighted by Gasteiger charge is 2.28. The third-order valence-electron chi connectivity index (χ3n) is 5.30. The van der Waals surface area contributed by atoms with Gasteiger partial charge in [0.05, 0.1) is 22.8 Å². The SMILES string of the molecule is COc1ccc2c(c1)c(C1CCN(C)C1)c1c3ccccc3sn21. The lowest BCUT2D eigenvalue weighted by atomic mass is 9.95. The van der Waals surface area contributed by atoms with Gasteiger partial charge < -0.3 is 9.64 Å². The largest absolute Gasteiger partial charge is 0.497 e. The van der Waals surface area contributed by atoms with Gasteiger partial charge in [0.2, 0.25) is 0 Å². The minimum atomic E-state index is 0.590. The number of aromatic nitrogens is 1.